The number of hydrogen-bond donors (Lipinski definition) is 2. The van der Waals surface area contributed by atoms with Gasteiger partial charge in [-0.05, 0) is 18.6 Å². The van der Waals surface area contributed by atoms with Gasteiger partial charge in [0.25, 0.3) is 7.37 Å². The molecule has 7 heteroatoms. The van der Waals surface area contributed by atoms with E-state index in [1.165, 1.54) is 0 Å². The highest BCUT2D eigenvalue weighted by molar-refractivity contribution is 7.60. The lowest BCUT2D eigenvalue weighted by Crippen LogP contribution is -2.24. The summed E-state index contributed by atoms with van der Waals surface area (Å²) in [4.78, 5) is 22.1. The molecule has 24 heavy (non-hydrogen) atoms. The minimum Gasteiger partial charge on any atom is -0.481 e. The predicted molar refractivity (Wildman–Crippen MR) is 90.6 cm³/mol. The van der Waals surface area contributed by atoms with Crippen LogP contribution in [0.25, 0.3) is 5.57 Å². The molecule has 2 unspecified atom stereocenters. The first-order valence-electron chi connectivity index (χ1n) is 7.48. The van der Waals surface area contributed by atoms with Crippen LogP contribution >= 0.6 is 7.37 Å². The number of aliphatic carboxylic acids is 2. The van der Waals surface area contributed by atoms with Crippen LogP contribution in [0.15, 0.2) is 42.5 Å². The van der Waals surface area contributed by atoms with Gasteiger partial charge in [-0.3, -0.25) is 14.2 Å². The summed E-state index contributed by atoms with van der Waals surface area (Å²) < 4.78 is 18.7. The summed E-state index contributed by atoms with van der Waals surface area (Å²) in [5.41, 5.74) is 1.60. The Balaban J connectivity index is 2.35. The molecule has 0 radical (unpaired) electrons. The van der Waals surface area contributed by atoms with Crippen molar-refractivity contribution in [1.29, 1.82) is 0 Å². The molecule has 0 spiro atoms. The quantitative estimate of drug-likeness (QED) is 0.762. The molecule has 0 saturated heterocycles. The summed E-state index contributed by atoms with van der Waals surface area (Å²) in [6.45, 7) is 1.86. The fourth-order valence-corrected chi connectivity index (χ4v) is 5.14. The molecule has 2 N–H and O–H groups in total. The zero-order valence-corrected chi connectivity index (χ0v) is 14.1. The third-order valence-corrected chi connectivity index (χ3v) is 6.02. The van der Waals surface area contributed by atoms with Crippen molar-refractivity contribution in [2.24, 2.45) is 5.92 Å². The standard InChI is InChI=1S/C17H19O6P/c1-2-3-6-12-10-24(22,11-13(17(20)21)9-16(18)19)23-15-8-5-4-7-14(12)15/h2-8,13H,9-11H2,1H3,(H,18,19)(H,20,21)/b3-2-,12-6+. The molecule has 1 aliphatic heterocycles. The number of allylic oxidation sites excluding steroid dienone is 4. The zero-order chi connectivity index (χ0) is 17.7. The highest BCUT2D eigenvalue weighted by Gasteiger charge is 2.38. The first-order chi connectivity index (χ1) is 11.3. The van der Waals surface area contributed by atoms with Gasteiger partial charge in [-0.2, -0.15) is 0 Å². The molecule has 0 fully saturated rings. The molecule has 6 nitrogen and oxygen atoms in total. The minimum absolute atomic E-state index is 0.0811. The van der Waals surface area contributed by atoms with E-state index in [0.29, 0.717) is 5.75 Å². The van der Waals surface area contributed by atoms with Gasteiger partial charge in [0.05, 0.1) is 18.5 Å². The molecule has 0 amide bonds. The smallest absolute Gasteiger partial charge is 0.307 e. The van der Waals surface area contributed by atoms with Gasteiger partial charge in [0.2, 0.25) is 0 Å². The number of benzene rings is 1. The number of carboxylic acids is 2. The first-order valence-corrected chi connectivity index (χ1v) is 9.47. The number of carboxylic acid groups (broad SMARTS) is 2. The van der Waals surface area contributed by atoms with Crippen LogP contribution in [0, 0.1) is 5.92 Å². The van der Waals surface area contributed by atoms with Crippen LogP contribution in [0.5, 0.6) is 5.75 Å². The van der Waals surface area contributed by atoms with Crippen molar-refractivity contribution >= 4 is 24.9 Å². The molecule has 1 aromatic carbocycles. The Morgan fingerprint density at radius 1 is 1.33 bits per heavy atom. The molecule has 1 aromatic rings. The molecule has 0 aromatic heterocycles. The second kappa shape index (κ2) is 7.49. The van der Waals surface area contributed by atoms with E-state index in [0.717, 1.165) is 11.1 Å². The van der Waals surface area contributed by atoms with Crippen LogP contribution in [0.3, 0.4) is 0 Å². The largest absolute Gasteiger partial charge is 0.481 e. The maximum Gasteiger partial charge on any atom is 0.307 e. The number of rotatable bonds is 6. The third kappa shape index (κ3) is 4.36. The summed E-state index contributed by atoms with van der Waals surface area (Å²) in [5.74, 6) is -3.34. The Morgan fingerprint density at radius 3 is 2.67 bits per heavy atom. The number of fused-ring (bicyclic) bond motifs is 1. The highest BCUT2D eigenvalue weighted by Crippen LogP contribution is 2.57. The van der Waals surface area contributed by atoms with E-state index in [2.05, 4.69) is 0 Å². The van der Waals surface area contributed by atoms with Gasteiger partial charge in [-0.15, -0.1) is 0 Å². The monoisotopic (exact) mass is 350 g/mol. The molecular weight excluding hydrogens is 331 g/mol. The highest BCUT2D eigenvalue weighted by atomic mass is 31.2. The fraction of sp³-hybridized carbons (Fsp3) is 0.294. The van der Waals surface area contributed by atoms with Crippen LogP contribution in [0.2, 0.25) is 0 Å². The van der Waals surface area contributed by atoms with E-state index in [1.807, 2.05) is 37.3 Å². The summed E-state index contributed by atoms with van der Waals surface area (Å²) >= 11 is 0. The van der Waals surface area contributed by atoms with Gasteiger partial charge < -0.3 is 14.7 Å². The van der Waals surface area contributed by atoms with E-state index >= 15 is 0 Å². The maximum atomic E-state index is 13.1. The lowest BCUT2D eigenvalue weighted by molar-refractivity contribution is -0.147. The first kappa shape index (κ1) is 18.0. The van der Waals surface area contributed by atoms with Crippen molar-refractivity contribution in [3.63, 3.8) is 0 Å². The lowest BCUT2D eigenvalue weighted by atomic mass is 10.1. The van der Waals surface area contributed by atoms with Crippen LogP contribution in [0.1, 0.15) is 18.9 Å². The second-order valence-electron chi connectivity index (χ2n) is 5.59. The maximum absolute atomic E-state index is 13.1. The Bertz CT molecular complexity index is 749. The lowest BCUT2D eigenvalue weighted by Gasteiger charge is -2.29. The Kier molecular flexibility index (Phi) is 5.62. The van der Waals surface area contributed by atoms with Gasteiger partial charge in [0, 0.05) is 11.7 Å². The van der Waals surface area contributed by atoms with Gasteiger partial charge in [-0.25, -0.2) is 0 Å². The molecule has 2 rings (SSSR count). The van der Waals surface area contributed by atoms with E-state index in [9.17, 15) is 19.3 Å². The van der Waals surface area contributed by atoms with Gasteiger partial charge in [0.15, 0.2) is 0 Å². The van der Waals surface area contributed by atoms with E-state index in [-0.39, 0.29) is 12.3 Å². The summed E-state index contributed by atoms with van der Waals surface area (Å²) in [6, 6.07) is 7.11. The average Bonchev–Trinajstić information content (AvgIpc) is 2.51. The van der Waals surface area contributed by atoms with Crippen molar-refractivity contribution in [3.05, 3.63) is 48.1 Å². The molecule has 1 aliphatic rings. The summed E-state index contributed by atoms with van der Waals surface area (Å²) in [5, 5.41) is 18.1. The SMILES string of the molecule is C/C=C\C=C1/CP(=O)(CC(CC(=O)O)C(=O)O)Oc2ccccc21. The Hall–Kier alpha value is -2.33. The van der Waals surface area contributed by atoms with Crippen LogP contribution in [0.4, 0.5) is 0 Å². The van der Waals surface area contributed by atoms with Crippen molar-refractivity contribution in [3.8, 4) is 5.75 Å². The van der Waals surface area contributed by atoms with Crippen LogP contribution in [-0.4, -0.2) is 34.5 Å². The van der Waals surface area contributed by atoms with Crippen LogP contribution in [-0.2, 0) is 14.2 Å². The summed E-state index contributed by atoms with van der Waals surface area (Å²) in [6.07, 6.45) is 4.65. The molecule has 128 valence electrons. The van der Waals surface area contributed by atoms with Crippen molar-refractivity contribution < 1.29 is 28.9 Å². The van der Waals surface area contributed by atoms with Gasteiger partial charge in [0.1, 0.15) is 5.75 Å². The molecule has 0 bridgehead atoms. The molecule has 2 atom stereocenters. The van der Waals surface area contributed by atoms with Crippen molar-refractivity contribution in [1.82, 2.24) is 0 Å². The molecular formula is C17H19O6P. The fourth-order valence-electron chi connectivity index (χ4n) is 2.60. The summed E-state index contributed by atoms with van der Waals surface area (Å²) in [7, 11) is -3.35. The van der Waals surface area contributed by atoms with Crippen LogP contribution < -0.4 is 4.52 Å². The average molecular weight is 350 g/mol. The number of hydrogen-bond acceptors (Lipinski definition) is 4. The topological polar surface area (TPSA) is 101 Å². The second-order valence-corrected chi connectivity index (χ2v) is 8.09. The van der Waals surface area contributed by atoms with Gasteiger partial charge >= 0.3 is 11.9 Å². The van der Waals surface area contributed by atoms with E-state index in [4.69, 9.17) is 9.63 Å². The minimum atomic E-state index is -3.35. The normalized spacial score (nSPS) is 22.8. The molecule has 0 aliphatic carbocycles. The van der Waals surface area contributed by atoms with Gasteiger partial charge in [-0.1, -0.05) is 36.4 Å². The zero-order valence-electron chi connectivity index (χ0n) is 13.2. The molecule has 1 heterocycles. The van der Waals surface area contributed by atoms with E-state index < -0.39 is 31.6 Å². The van der Waals surface area contributed by atoms with E-state index in [1.54, 1.807) is 12.1 Å². The Morgan fingerprint density at radius 2 is 2.04 bits per heavy atom. The van der Waals surface area contributed by atoms with Crippen molar-refractivity contribution in [2.75, 3.05) is 12.3 Å². The van der Waals surface area contributed by atoms with Crippen molar-refractivity contribution in [2.45, 2.75) is 13.3 Å². The number of carbonyl (C=O) groups is 2. The third-order valence-electron chi connectivity index (χ3n) is 3.67. The number of para-hydroxylation sites is 1. The Labute approximate surface area is 139 Å². The predicted octanol–water partition coefficient (Wildman–Crippen LogP) is 3.49. The molecule has 0 saturated carbocycles.